The van der Waals surface area contributed by atoms with E-state index in [1.54, 1.807) is 0 Å². The Hall–Kier alpha value is -2.67. The first-order valence-corrected chi connectivity index (χ1v) is 5.30. The fraction of sp³-hybridized carbons (Fsp3) is 0. The van der Waals surface area contributed by atoms with Gasteiger partial charge in [-0.25, -0.2) is 15.6 Å². The standard InChI is InChI=1S/C11H10N6O/c12-17-10-7-9(15-11(18)16-10)14-8(13-7)6-4-2-1-3-5-6/h1-5H,12H2,(H3,13,14,15,16,17,18). The van der Waals surface area contributed by atoms with E-state index in [1.165, 1.54) is 0 Å². The Morgan fingerprint density at radius 1 is 1.11 bits per heavy atom. The third-order valence-corrected chi connectivity index (χ3v) is 2.56. The Kier molecular flexibility index (Phi) is 2.31. The van der Waals surface area contributed by atoms with Gasteiger partial charge in [0.25, 0.3) is 0 Å². The second kappa shape index (κ2) is 3.97. The van der Waals surface area contributed by atoms with Crippen LogP contribution in [0.1, 0.15) is 0 Å². The highest BCUT2D eigenvalue weighted by atomic mass is 16.1. The van der Waals surface area contributed by atoms with Crippen LogP contribution in [0.15, 0.2) is 35.1 Å². The molecule has 0 amide bonds. The molecule has 3 rings (SSSR count). The fourth-order valence-corrected chi connectivity index (χ4v) is 1.76. The third kappa shape index (κ3) is 1.62. The van der Waals surface area contributed by atoms with E-state index < -0.39 is 5.69 Å². The highest BCUT2D eigenvalue weighted by molar-refractivity contribution is 5.85. The summed E-state index contributed by atoms with van der Waals surface area (Å²) in [6, 6.07) is 9.57. The van der Waals surface area contributed by atoms with Crippen molar-refractivity contribution in [2.45, 2.75) is 0 Å². The first-order valence-electron chi connectivity index (χ1n) is 5.30. The van der Waals surface area contributed by atoms with E-state index in [4.69, 9.17) is 5.84 Å². The lowest BCUT2D eigenvalue weighted by Gasteiger charge is -1.97. The molecule has 1 aromatic carbocycles. The van der Waals surface area contributed by atoms with Crippen LogP contribution in [0, 0.1) is 0 Å². The molecule has 0 saturated carbocycles. The zero-order valence-corrected chi connectivity index (χ0v) is 9.27. The summed E-state index contributed by atoms with van der Waals surface area (Å²) in [4.78, 5) is 24.9. The number of nitrogens with zero attached hydrogens (tertiary/aromatic N) is 2. The number of hydrogen-bond donors (Lipinski definition) is 4. The lowest BCUT2D eigenvalue weighted by molar-refractivity contribution is 1.09. The molecule has 0 atom stereocenters. The first kappa shape index (κ1) is 10.5. The van der Waals surface area contributed by atoms with Gasteiger partial charge in [0.2, 0.25) is 0 Å². The number of anilines is 1. The lowest BCUT2D eigenvalue weighted by Crippen LogP contribution is -2.17. The van der Waals surface area contributed by atoms with Crippen LogP contribution in [0.4, 0.5) is 5.82 Å². The number of H-pyrrole nitrogens is 2. The van der Waals surface area contributed by atoms with E-state index in [9.17, 15) is 4.79 Å². The average Bonchev–Trinajstić information content (AvgIpc) is 2.82. The Labute approximate surface area is 101 Å². The maximum Gasteiger partial charge on any atom is 0.348 e. The van der Waals surface area contributed by atoms with Crippen LogP contribution >= 0.6 is 0 Å². The Bertz CT molecular complexity index is 745. The maximum atomic E-state index is 11.3. The molecule has 0 aliphatic rings. The van der Waals surface area contributed by atoms with Crippen LogP contribution in [0.2, 0.25) is 0 Å². The van der Waals surface area contributed by atoms with Crippen LogP contribution in [-0.4, -0.2) is 19.9 Å². The molecule has 0 spiro atoms. The van der Waals surface area contributed by atoms with Gasteiger partial charge >= 0.3 is 5.69 Å². The van der Waals surface area contributed by atoms with Gasteiger partial charge < -0.3 is 10.4 Å². The van der Waals surface area contributed by atoms with Crippen LogP contribution in [0.5, 0.6) is 0 Å². The molecule has 3 aromatic rings. The van der Waals surface area contributed by atoms with Gasteiger partial charge in [0.15, 0.2) is 11.5 Å². The zero-order valence-electron chi connectivity index (χ0n) is 9.27. The SMILES string of the molecule is NNc1nc(=O)[nH]c2nc(-c3ccccc3)[nH]c12. The van der Waals surface area contributed by atoms with Crippen LogP contribution < -0.4 is 17.0 Å². The minimum Gasteiger partial charge on any atom is -0.334 e. The van der Waals surface area contributed by atoms with Gasteiger partial charge in [-0.3, -0.25) is 4.98 Å². The number of nitrogen functional groups attached to an aromatic ring is 1. The highest BCUT2D eigenvalue weighted by Gasteiger charge is 2.10. The van der Waals surface area contributed by atoms with Gasteiger partial charge in [-0.15, -0.1) is 0 Å². The number of benzene rings is 1. The van der Waals surface area contributed by atoms with Crippen molar-refractivity contribution < 1.29 is 0 Å². The molecule has 2 aromatic heterocycles. The van der Waals surface area contributed by atoms with Crippen LogP contribution in [0.3, 0.4) is 0 Å². The highest BCUT2D eigenvalue weighted by Crippen LogP contribution is 2.21. The van der Waals surface area contributed by atoms with Crippen molar-refractivity contribution in [3.05, 3.63) is 40.8 Å². The number of fused-ring (bicyclic) bond motifs is 1. The van der Waals surface area contributed by atoms with Gasteiger partial charge in [-0.2, -0.15) is 4.98 Å². The Morgan fingerprint density at radius 2 is 1.89 bits per heavy atom. The topological polar surface area (TPSA) is 112 Å². The quantitative estimate of drug-likeness (QED) is 0.388. The summed E-state index contributed by atoms with van der Waals surface area (Å²) in [5, 5.41) is 0. The molecule has 0 aliphatic heterocycles. The van der Waals surface area contributed by atoms with Crippen LogP contribution in [0.25, 0.3) is 22.6 Å². The molecule has 0 bridgehead atoms. The summed E-state index contributed by atoms with van der Waals surface area (Å²) >= 11 is 0. The number of imidazole rings is 1. The summed E-state index contributed by atoms with van der Waals surface area (Å²) in [5.41, 5.74) is 3.77. The van der Waals surface area contributed by atoms with Crippen molar-refractivity contribution in [2.24, 2.45) is 5.84 Å². The maximum absolute atomic E-state index is 11.3. The van der Waals surface area contributed by atoms with E-state index in [2.05, 4.69) is 25.4 Å². The minimum atomic E-state index is -0.499. The Morgan fingerprint density at radius 3 is 2.61 bits per heavy atom. The van der Waals surface area contributed by atoms with E-state index in [-0.39, 0.29) is 5.82 Å². The normalized spacial score (nSPS) is 10.7. The van der Waals surface area contributed by atoms with Gasteiger partial charge in [0, 0.05) is 5.56 Å². The van der Waals surface area contributed by atoms with E-state index >= 15 is 0 Å². The van der Waals surface area contributed by atoms with Crippen molar-refractivity contribution in [2.75, 3.05) is 5.43 Å². The van der Waals surface area contributed by atoms with Gasteiger partial charge in [-0.1, -0.05) is 30.3 Å². The van der Waals surface area contributed by atoms with Crippen molar-refractivity contribution in [3.8, 4) is 11.4 Å². The molecular weight excluding hydrogens is 232 g/mol. The monoisotopic (exact) mass is 242 g/mol. The summed E-state index contributed by atoms with van der Waals surface area (Å²) < 4.78 is 0. The third-order valence-electron chi connectivity index (χ3n) is 2.56. The number of aromatic amines is 2. The zero-order chi connectivity index (χ0) is 12.5. The number of hydrogen-bond acceptors (Lipinski definition) is 5. The van der Waals surface area contributed by atoms with Crippen molar-refractivity contribution >= 4 is 17.0 Å². The Balaban J connectivity index is 2.26. The van der Waals surface area contributed by atoms with Gasteiger partial charge in [-0.05, 0) is 0 Å². The number of hydrazine groups is 1. The molecule has 90 valence electrons. The fourth-order valence-electron chi connectivity index (χ4n) is 1.76. The second-order valence-electron chi connectivity index (χ2n) is 3.71. The second-order valence-corrected chi connectivity index (χ2v) is 3.71. The van der Waals surface area contributed by atoms with Crippen molar-refractivity contribution in [1.82, 2.24) is 19.9 Å². The summed E-state index contributed by atoms with van der Waals surface area (Å²) in [6.07, 6.45) is 0. The smallest absolute Gasteiger partial charge is 0.334 e. The molecular formula is C11H10N6O. The molecule has 2 heterocycles. The molecule has 7 heteroatoms. The number of nitrogens with one attached hydrogen (secondary N) is 3. The lowest BCUT2D eigenvalue weighted by atomic mass is 10.2. The van der Waals surface area contributed by atoms with Gasteiger partial charge in [0.05, 0.1) is 0 Å². The van der Waals surface area contributed by atoms with Crippen molar-refractivity contribution in [1.29, 1.82) is 0 Å². The molecule has 0 unspecified atom stereocenters. The predicted molar refractivity (Wildman–Crippen MR) is 67.8 cm³/mol. The molecule has 0 saturated heterocycles. The summed E-state index contributed by atoms with van der Waals surface area (Å²) in [5.74, 6) is 6.23. The van der Waals surface area contributed by atoms with E-state index in [0.29, 0.717) is 17.0 Å². The predicted octanol–water partition coefficient (Wildman–Crippen LogP) is 0.599. The number of aromatic nitrogens is 4. The van der Waals surface area contributed by atoms with E-state index in [0.717, 1.165) is 5.56 Å². The van der Waals surface area contributed by atoms with E-state index in [1.807, 2.05) is 30.3 Å². The van der Waals surface area contributed by atoms with Crippen molar-refractivity contribution in [3.63, 3.8) is 0 Å². The summed E-state index contributed by atoms with van der Waals surface area (Å²) in [6.45, 7) is 0. The molecule has 0 radical (unpaired) electrons. The number of rotatable bonds is 2. The first-order chi connectivity index (χ1) is 8.78. The van der Waals surface area contributed by atoms with Crippen LogP contribution in [-0.2, 0) is 0 Å². The summed E-state index contributed by atoms with van der Waals surface area (Å²) in [7, 11) is 0. The molecule has 0 fully saturated rings. The average molecular weight is 242 g/mol. The number of nitrogens with two attached hydrogens (primary N) is 1. The molecule has 5 N–H and O–H groups in total. The molecule has 18 heavy (non-hydrogen) atoms. The largest absolute Gasteiger partial charge is 0.348 e. The molecule has 0 aliphatic carbocycles. The molecule has 7 nitrogen and oxygen atoms in total. The van der Waals surface area contributed by atoms with Gasteiger partial charge in [0.1, 0.15) is 11.3 Å². The minimum absolute atomic E-state index is 0.267.